The molecule has 2 atom stereocenters. The standard InChI is InChI=1S/C50H93NO3/c1-3-5-7-9-11-13-15-17-19-21-22-23-24-25-26-27-28-29-30-32-34-36-38-40-42-44-46-50(54)51-48(47-52)49(53)45-43-41-39-37-35-33-31-20-18-16-14-12-10-8-6-4-2/h18,20,25-26,35,37,43,45,48-49,52-53H,3-17,19,21-24,27-34,36,38-42,44,46-47H2,1-2H3,(H,51,54)/b20-18+,26-25-,37-35+,45-43+. The summed E-state index contributed by atoms with van der Waals surface area (Å²) in [5.74, 6) is -0.0790. The van der Waals surface area contributed by atoms with Crippen LogP contribution in [0.4, 0.5) is 0 Å². The largest absolute Gasteiger partial charge is 0.394 e. The van der Waals surface area contributed by atoms with E-state index in [4.69, 9.17) is 0 Å². The Bertz CT molecular complexity index is 862. The van der Waals surface area contributed by atoms with E-state index >= 15 is 0 Å². The average Bonchev–Trinajstić information content (AvgIpc) is 3.18. The topological polar surface area (TPSA) is 69.6 Å². The van der Waals surface area contributed by atoms with E-state index in [1.807, 2.05) is 6.08 Å². The fourth-order valence-corrected chi connectivity index (χ4v) is 7.09. The van der Waals surface area contributed by atoms with Gasteiger partial charge in [-0.05, 0) is 70.6 Å². The van der Waals surface area contributed by atoms with Crippen molar-refractivity contribution in [2.75, 3.05) is 6.61 Å². The molecule has 4 heteroatoms. The number of nitrogens with one attached hydrogen (secondary N) is 1. The van der Waals surface area contributed by atoms with Gasteiger partial charge in [-0.25, -0.2) is 0 Å². The van der Waals surface area contributed by atoms with Crippen molar-refractivity contribution in [2.45, 2.75) is 257 Å². The number of unbranched alkanes of at least 4 members (excludes halogenated alkanes) is 30. The first-order valence-electron chi connectivity index (χ1n) is 23.9. The van der Waals surface area contributed by atoms with Crippen molar-refractivity contribution >= 4 is 5.91 Å². The Morgan fingerprint density at radius 1 is 0.426 bits per heavy atom. The maximum Gasteiger partial charge on any atom is 0.220 e. The lowest BCUT2D eigenvalue weighted by Gasteiger charge is -2.19. The van der Waals surface area contributed by atoms with Gasteiger partial charge >= 0.3 is 0 Å². The SMILES string of the molecule is CCCCCCCC/C=C/CC/C=C/CC/C=C/C(O)C(CO)NC(=O)CCCCCCCCCCCC/C=C\CCCCCCCCCCCCCC. The Morgan fingerprint density at radius 2 is 0.722 bits per heavy atom. The molecule has 0 heterocycles. The molecule has 0 aliphatic rings. The van der Waals surface area contributed by atoms with Crippen molar-refractivity contribution in [1.82, 2.24) is 5.32 Å². The van der Waals surface area contributed by atoms with Crippen molar-refractivity contribution in [3.63, 3.8) is 0 Å². The van der Waals surface area contributed by atoms with Gasteiger partial charge in [-0.2, -0.15) is 0 Å². The number of hydrogen-bond donors (Lipinski definition) is 3. The fourth-order valence-electron chi connectivity index (χ4n) is 7.09. The summed E-state index contributed by atoms with van der Waals surface area (Å²) in [6, 6.07) is -0.646. The highest BCUT2D eigenvalue weighted by Gasteiger charge is 2.17. The number of aliphatic hydroxyl groups excluding tert-OH is 2. The summed E-state index contributed by atoms with van der Waals surface area (Å²) in [6.07, 6.45) is 62.4. The van der Waals surface area contributed by atoms with Crippen molar-refractivity contribution in [1.29, 1.82) is 0 Å². The monoisotopic (exact) mass is 756 g/mol. The molecule has 0 aromatic rings. The molecule has 0 rings (SSSR count). The maximum atomic E-state index is 12.4. The highest BCUT2D eigenvalue weighted by Crippen LogP contribution is 2.15. The van der Waals surface area contributed by atoms with Gasteiger partial charge in [-0.3, -0.25) is 4.79 Å². The van der Waals surface area contributed by atoms with E-state index in [2.05, 4.69) is 55.6 Å². The normalized spacial score (nSPS) is 13.3. The molecule has 0 aliphatic carbocycles. The molecule has 316 valence electrons. The van der Waals surface area contributed by atoms with Crippen LogP contribution in [0, 0.1) is 0 Å². The molecule has 0 spiro atoms. The summed E-state index contributed by atoms with van der Waals surface area (Å²) in [6.45, 7) is 4.29. The molecule has 0 aromatic heterocycles. The molecule has 2 unspecified atom stereocenters. The van der Waals surface area contributed by atoms with E-state index in [1.165, 1.54) is 186 Å². The van der Waals surface area contributed by atoms with Crippen LogP contribution >= 0.6 is 0 Å². The lowest BCUT2D eigenvalue weighted by Crippen LogP contribution is -2.45. The molecule has 0 saturated heterocycles. The van der Waals surface area contributed by atoms with Gasteiger partial charge in [0.25, 0.3) is 0 Å². The highest BCUT2D eigenvalue weighted by atomic mass is 16.3. The zero-order valence-corrected chi connectivity index (χ0v) is 36.2. The van der Waals surface area contributed by atoms with Gasteiger partial charge in [0, 0.05) is 6.42 Å². The third kappa shape index (κ3) is 41.5. The molecular formula is C50H93NO3. The Morgan fingerprint density at radius 3 is 1.07 bits per heavy atom. The number of carbonyl (C=O) groups is 1. The van der Waals surface area contributed by atoms with Gasteiger partial charge in [-0.1, -0.05) is 217 Å². The number of amides is 1. The van der Waals surface area contributed by atoms with Crippen molar-refractivity contribution in [3.05, 3.63) is 48.6 Å². The minimum Gasteiger partial charge on any atom is -0.394 e. The molecule has 4 nitrogen and oxygen atoms in total. The van der Waals surface area contributed by atoms with Crippen LogP contribution < -0.4 is 5.32 Å². The highest BCUT2D eigenvalue weighted by molar-refractivity contribution is 5.76. The second-order valence-electron chi connectivity index (χ2n) is 16.2. The molecule has 0 radical (unpaired) electrons. The summed E-state index contributed by atoms with van der Waals surface area (Å²) < 4.78 is 0. The van der Waals surface area contributed by atoms with Crippen LogP contribution in [0.25, 0.3) is 0 Å². The molecule has 0 aromatic carbocycles. The van der Waals surface area contributed by atoms with Crippen LogP contribution in [-0.2, 0) is 4.79 Å². The Kier molecular flexibility index (Phi) is 44.3. The summed E-state index contributed by atoms with van der Waals surface area (Å²) in [5.41, 5.74) is 0. The average molecular weight is 756 g/mol. The van der Waals surface area contributed by atoms with Gasteiger partial charge in [0.15, 0.2) is 0 Å². The minimum absolute atomic E-state index is 0.0790. The predicted octanol–water partition coefficient (Wildman–Crippen LogP) is 15.1. The molecule has 0 fully saturated rings. The van der Waals surface area contributed by atoms with Crippen LogP contribution in [0.15, 0.2) is 48.6 Å². The number of rotatable bonds is 43. The summed E-state index contributed by atoms with van der Waals surface area (Å²) in [4.78, 5) is 12.4. The zero-order valence-electron chi connectivity index (χ0n) is 36.2. The van der Waals surface area contributed by atoms with Gasteiger partial charge in [0.05, 0.1) is 18.8 Å². The lowest BCUT2D eigenvalue weighted by molar-refractivity contribution is -0.123. The van der Waals surface area contributed by atoms with Crippen molar-refractivity contribution in [2.24, 2.45) is 0 Å². The molecule has 3 N–H and O–H groups in total. The number of hydrogen-bond acceptors (Lipinski definition) is 3. The number of carbonyl (C=O) groups excluding carboxylic acids is 1. The van der Waals surface area contributed by atoms with Crippen LogP contribution in [0.2, 0.25) is 0 Å². The van der Waals surface area contributed by atoms with Crippen molar-refractivity contribution < 1.29 is 15.0 Å². The van der Waals surface area contributed by atoms with Gasteiger partial charge in [0.2, 0.25) is 5.91 Å². The predicted molar refractivity (Wildman–Crippen MR) is 239 cm³/mol. The van der Waals surface area contributed by atoms with E-state index in [9.17, 15) is 15.0 Å². The van der Waals surface area contributed by atoms with E-state index in [1.54, 1.807) is 6.08 Å². The first kappa shape index (κ1) is 52.3. The summed E-state index contributed by atoms with van der Waals surface area (Å²) in [7, 11) is 0. The fraction of sp³-hybridized carbons (Fsp3) is 0.820. The van der Waals surface area contributed by atoms with Crippen LogP contribution in [-0.4, -0.2) is 34.9 Å². The van der Waals surface area contributed by atoms with Crippen molar-refractivity contribution in [3.8, 4) is 0 Å². The molecule has 54 heavy (non-hydrogen) atoms. The Balaban J connectivity index is 3.57. The van der Waals surface area contributed by atoms with Crippen LogP contribution in [0.1, 0.15) is 245 Å². The third-order valence-corrected chi connectivity index (χ3v) is 10.8. The second-order valence-corrected chi connectivity index (χ2v) is 16.2. The minimum atomic E-state index is -0.870. The Labute approximate surface area is 337 Å². The first-order chi connectivity index (χ1) is 26.7. The maximum absolute atomic E-state index is 12.4. The number of aliphatic hydroxyl groups is 2. The third-order valence-electron chi connectivity index (χ3n) is 10.8. The van der Waals surface area contributed by atoms with E-state index in [-0.39, 0.29) is 12.5 Å². The molecule has 0 saturated carbocycles. The number of allylic oxidation sites excluding steroid dienone is 7. The summed E-state index contributed by atoms with van der Waals surface area (Å²) in [5, 5.41) is 23.0. The Hall–Kier alpha value is -1.65. The summed E-state index contributed by atoms with van der Waals surface area (Å²) >= 11 is 0. The molecule has 0 bridgehead atoms. The van der Waals surface area contributed by atoms with Gasteiger partial charge in [-0.15, -0.1) is 0 Å². The van der Waals surface area contributed by atoms with E-state index < -0.39 is 12.1 Å². The van der Waals surface area contributed by atoms with Gasteiger partial charge in [0.1, 0.15) is 0 Å². The second kappa shape index (κ2) is 45.7. The van der Waals surface area contributed by atoms with Crippen LogP contribution in [0.5, 0.6) is 0 Å². The zero-order chi connectivity index (χ0) is 39.3. The quantitative estimate of drug-likeness (QED) is 0.0429. The first-order valence-corrected chi connectivity index (χ1v) is 23.9. The molecule has 1 amide bonds. The smallest absolute Gasteiger partial charge is 0.220 e. The van der Waals surface area contributed by atoms with E-state index in [0.717, 1.165) is 38.5 Å². The van der Waals surface area contributed by atoms with Gasteiger partial charge < -0.3 is 15.5 Å². The van der Waals surface area contributed by atoms with Crippen LogP contribution in [0.3, 0.4) is 0 Å². The lowest BCUT2D eigenvalue weighted by atomic mass is 10.0. The van der Waals surface area contributed by atoms with E-state index in [0.29, 0.717) is 6.42 Å². The molecular weight excluding hydrogens is 663 g/mol. The molecule has 0 aliphatic heterocycles.